The van der Waals surface area contributed by atoms with Gasteiger partial charge < -0.3 is 4.74 Å². The molecule has 0 fully saturated rings. The predicted molar refractivity (Wildman–Crippen MR) is 71.1 cm³/mol. The summed E-state index contributed by atoms with van der Waals surface area (Å²) in [6.45, 7) is 7.71. The lowest BCUT2D eigenvalue weighted by Crippen LogP contribution is -2.04. The number of carbonyl (C=O) groups excluding carboxylic acids is 1. The van der Waals surface area contributed by atoms with E-state index in [0.29, 0.717) is 12.3 Å². The van der Waals surface area contributed by atoms with Crippen LogP contribution in [-0.2, 0) is 4.74 Å². The van der Waals surface area contributed by atoms with E-state index in [1.165, 1.54) is 11.3 Å². The second kappa shape index (κ2) is 6.81. The highest BCUT2D eigenvalue weighted by atomic mass is 32.1. The monoisotopic (exact) mass is 249 g/mol. The fraction of sp³-hybridized carbons (Fsp3) is 0.231. The molecule has 0 spiro atoms. The van der Waals surface area contributed by atoms with Crippen LogP contribution in [-0.4, -0.2) is 17.6 Å². The number of nitrogens with zero attached hydrogens (tertiary/aromatic N) is 1. The van der Waals surface area contributed by atoms with Crippen molar-refractivity contribution >= 4 is 22.9 Å². The van der Waals surface area contributed by atoms with Gasteiger partial charge in [-0.25, -0.2) is 9.78 Å². The lowest BCUT2D eigenvalue weighted by atomic mass is 10.2. The van der Waals surface area contributed by atoms with E-state index in [4.69, 9.17) is 4.74 Å². The van der Waals surface area contributed by atoms with Gasteiger partial charge in [0.2, 0.25) is 0 Å². The number of rotatable bonds is 5. The maximum Gasteiger partial charge on any atom is 0.357 e. The topological polar surface area (TPSA) is 39.2 Å². The largest absolute Gasteiger partial charge is 0.461 e. The Balaban J connectivity index is 2.96. The fourth-order valence-corrected chi connectivity index (χ4v) is 2.01. The maximum absolute atomic E-state index is 11.5. The molecule has 0 radical (unpaired) electrons. The number of hydrogen-bond donors (Lipinski definition) is 0. The smallest absolute Gasteiger partial charge is 0.357 e. The molecule has 0 unspecified atom stereocenters. The first-order valence-electron chi connectivity index (χ1n) is 5.31. The SMILES string of the molecule is C=C/C=C(\C=C/C)c1nc(C(=O)OCC)cs1. The molecule has 0 atom stereocenters. The quantitative estimate of drug-likeness (QED) is 0.592. The van der Waals surface area contributed by atoms with Gasteiger partial charge in [-0.1, -0.05) is 30.9 Å². The van der Waals surface area contributed by atoms with Gasteiger partial charge in [0.05, 0.1) is 6.61 Å². The molecule has 4 heteroatoms. The molecule has 1 rings (SSSR count). The summed E-state index contributed by atoms with van der Waals surface area (Å²) in [5, 5.41) is 2.49. The second-order valence-corrected chi connectivity index (χ2v) is 3.97. The van der Waals surface area contributed by atoms with E-state index in [-0.39, 0.29) is 5.97 Å². The van der Waals surface area contributed by atoms with Gasteiger partial charge in [-0.2, -0.15) is 0 Å². The molecule has 0 N–H and O–H groups in total. The molecule has 3 nitrogen and oxygen atoms in total. The Morgan fingerprint density at radius 1 is 1.65 bits per heavy atom. The Hall–Kier alpha value is -1.68. The van der Waals surface area contributed by atoms with Crippen LogP contribution < -0.4 is 0 Å². The molecule has 0 saturated carbocycles. The Morgan fingerprint density at radius 3 is 3.00 bits per heavy atom. The van der Waals surface area contributed by atoms with Crippen LogP contribution in [0.15, 0.2) is 36.3 Å². The molecule has 0 saturated heterocycles. The van der Waals surface area contributed by atoms with Gasteiger partial charge in [0, 0.05) is 11.0 Å². The number of carbonyl (C=O) groups is 1. The lowest BCUT2D eigenvalue weighted by molar-refractivity contribution is 0.0520. The van der Waals surface area contributed by atoms with E-state index < -0.39 is 0 Å². The van der Waals surface area contributed by atoms with Crippen LogP contribution >= 0.6 is 11.3 Å². The molecule has 0 aliphatic rings. The van der Waals surface area contributed by atoms with Crippen molar-refractivity contribution in [2.24, 2.45) is 0 Å². The van der Waals surface area contributed by atoms with Crippen LogP contribution in [0.5, 0.6) is 0 Å². The van der Waals surface area contributed by atoms with Gasteiger partial charge in [0.15, 0.2) is 5.69 Å². The van der Waals surface area contributed by atoms with E-state index >= 15 is 0 Å². The second-order valence-electron chi connectivity index (χ2n) is 3.12. The average Bonchev–Trinajstić information content (AvgIpc) is 2.78. The molecule has 17 heavy (non-hydrogen) atoms. The van der Waals surface area contributed by atoms with Gasteiger partial charge in [-0.15, -0.1) is 11.3 Å². The Morgan fingerprint density at radius 2 is 2.41 bits per heavy atom. The van der Waals surface area contributed by atoms with Crippen molar-refractivity contribution in [3.05, 3.63) is 47.0 Å². The molecule has 90 valence electrons. The zero-order valence-electron chi connectivity index (χ0n) is 9.97. The highest BCUT2D eigenvalue weighted by Crippen LogP contribution is 2.21. The molecule has 0 aliphatic heterocycles. The van der Waals surface area contributed by atoms with Crippen LogP contribution in [0.1, 0.15) is 29.3 Å². The van der Waals surface area contributed by atoms with Crippen molar-refractivity contribution in [1.29, 1.82) is 0 Å². The van der Waals surface area contributed by atoms with Crippen LogP contribution in [0.4, 0.5) is 0 Å². The molecular weight excluding hydrogens is 234 g/mol. The first-order valence-corrected chi connectivity index (χ1v) is 6.19. The van der Waals surface area contributed by atoms with Crippen LogP contribution in [0.2, 0.25) is 0 Å². The normalized spacial score (nSPS) is 11.8. The molecule has 0 aromatic carbocycles. The minimum absolute atomic E-state index is 0.353. The summed E-state index contributed by atoms with van der Waals surface area (Å²) < 4.78 is 4.89. The van der Waals surface area contributed by atoms with E-state index in [1.54, 1.807) is 18.4 Å². The number of allylic oxidation sites excluding steroid dienone is 5. The van der Waals surface area contributed by atoms with Crippen molar-refractivity contribution in [3.8, 4) is 0 Å². The number of thiazole rings is 1. The third kappa shape index (κ3) is 3.67. The van der Waals surface area contributed by atoms with Gasteiger partial charge in [0.1, 0.15) is 5.01 Å². The van der Waals surface area contributed by atoms with Crippen molar-refractivity contribution in [1.82, 2.24) is 4.98 Å². The van der Waals surface area contributed by atoms with Crippen molar-refractivity contribution in [2.75, 3.05) is 6.61 Å². The van der Waals surface area contributed by atoms with Crippen molar-refractivity contribution in [2.45, 2.75) is 13.8 Å². The fourth-order valence-electron chi connectivity index (χ4n) is 1.21. The molecular formula is C13H15NO2S. The van der Waals surface area contributed by atoms with E-state index in [1.807, 2.05) is 25.2 Å². The molecule has 1 aromatic rings. The summed E-state index contributed by atoms with van der Waals surface area (Å²) in [6.07, 6.45) is 7.39. The molecule has 0 bridgehead atoms. The van der Waals surface area contributed by atoms with Gasteiger partial charge >= 0.3 is 5.97 Å². The molecule has 0 amide bonds. The summed E-state index contributed by atoms with van der Waals surface area (Å²) in [5.41, 5.74) is 1.29. The van der Waals surface area contributed by atoms with Gasteiger partial charge in [0.25, 0.3) is 0 Å². The molecule has 1 aromatic heterocycles. The summed E-state index contributed by atoms with van der Waals surface area (Å²) >= 11 is 1.41. The first-order chi connectivity index (χ1) is 8.22. The highest BCUT2D eigenvalue weighted by molar-refractivity contribution is 7.11. The van der Waals surface area contributed by atoms with Crippen molar-refractivity contribution in [3.63, 3.8) is 0 Å². The highest BCUT2D eigenvalue weighted by Gasteiger charge is 2.12. The summed E-state index contributed by atoms with van der Waals surface area (Å²) in [4.78, 5) is 15.7. The third-order valence-electron chi connectivity index (χ3n) is 1.88. The predicted octanol–water partition coefficient (Wildman–Crippen LogP) is 3.47. The minimum Gasteiger partial charge on any atom is -0.461 e. The van der Waals surface area contributed by atoms with Gasteiger partial charge in [-0.3, -0.25) is 0 Å². The molecule has 1 heterocycles. The number of esters is 1. The average molecular weight is 249 g/mol. The Labute approximate surface area is 105 Å². The Kier molecular flexibility index (Phi) is 5.36. The third-order valence-corrected chi connectivity index (χ3v) is 2.77. The summed E-state index contributed by atoms with van der Waals surface area (Å²) in [6, 6.07) is 0. The number of hydrogen-bond acceptors (Lipinski definition) is 4. The lowest BCUT2D eigenvalue weighted by Gasteiger charge is -1.97. The standard InChI is InChI=1S/C13H15NO2S/c1-4-7-10(8-5-2)12-14-11(9-17-12)13(15)16-6-3/h4-5,7-9H,1,6H2,2-3H3/b8-5-,10-7+. The minimum atomic E-state index is -0.381. The Bertz CT molecular complexity index is 458. The van der Waals surface area contributed by atoms with E-state index in [0.717, 1.165) is 10.6 Å². The first kappa shape index (κ1) is 13.4. The number of ether oxygens (including phenoxy) is 1. The van der Waals surface area contributed by atoms with Gasteiger partial charge in [-0.05, 0) is 13.8 Å². The summed E-state index contributed by atoms with van der Waals surface area (Å²) in [7, 11) is 0. The van der Waals surface area contributed by atoms with Crippen molar-refractivity contribution < 1.29 is 9.53 Å². The van der Waals surface area contributed by atoms with Crippen LogP contribution in [0, 0.1) is 0 Å². The van der Waals surface area contributed by atoms with Crippen LogP contribution in [0.25, 0.3) is 5.57 Å². The van der Waals surface area contributed by atoms with E-state index in [2.05, 4.69) is 11.6 Å². The van der Waals surface area contributed by atoms with Crippen LogP contribution in [0.3, 0.4) is 0 Å². The zero-order chi connectivity index (χ0) is 12.7. The maximum atomic E-state index is 11.5. The zero-order valence-corrected chi connectivity index (χ0v) is 10.8. The summed E-state index contributed by atoms with van der Waals surface area (Å²) in [5.74, 6) is -0.381. The number of aromatic nitrogens is 1. The molecule has 0 aliphatic carbocycles. The van der Waals surface area contributed by atoms with E-state index in [9.17, 15) is 4.79 Å².